The van der Waals surface area contributed by atoms with Crippen molar-refractivity contribution < 1.29 is 4.74 Å². The second-order valence-electron chi connectivity index (χ2n) is 4.93. The first-order chi connectivity index (χ1) is 8.08. The van der Waals surface area contributed by atoms with Gasteiger partial charge in [-0.15, -0.1) is 0 Å². The van der Waals surface area contributed by atoms with Crippen molar-refractivity contribution in [3.8, 4) is 5.75 Å². The smallest absolute Gasteiger partial charge is 0.122 e. The highest BCUT2D eigenvalue weighted by atomic mass is 16.5. The maximum absolute atomic E-state index is 5.97. The van der Waals surface area contributed by atoms with Gasteiger partial charge in [0, 0.05) is 6.04 Å². The molecule has 1 rings (SSSR count). The lowest BCUT2D eigenvalue weighted by atomic mass is 9.96. The van der Waals surface area contributed by atoms with Crippen molar-refractivity contribution >= 4 is 0 Å². The van der Waals surface area contributed by atoms with Crippen LogP contribution in [0.1, 0.15) is 50.7 Å². The molecule has 0 aromatic heterocycles. The number of aryl methyl sites for hydroxylation is 1. The summed E-state index contributed by atoms with van der Waals surface area (Å²) < 4.78 is 5.41. The van der Waals surface area contributed by atoms with Crippen molar-refractivity contribution in [2.24, 2.45) is 5.73 Å². The lowest BCUT2D eigenvalue weighted by molar-refractivity contribution is 0.407. The van der Waals surface area contributed by atoms with Gasteiger partial charge < -0.3 is 10.5 Å². The molecule has 2 heteroatoms. The number of hydrogen-bond acceptors (Lipinski definition) is 2. The van der Waals surface area contributed by atoms with Crippen molar-refractivity contribution in [2.75, 3.05) is 7.11 Å². The first kappa shape index (κ1) is 14.0. The van der Waals surface area contributed by atoms with Gasteiger partial charge in [0.2, 0.25) is 0 Å². The van der Waals surface area contributed by atoms with E-state index in [1.807, 2.05) is 0 Å². The minimum Gasteiger partial charge on any atom is -0.496 e. The predicted molar refractivity (Wildman–Crippen MR) is 73.7 cm³/mol. The van der Waals surface area contributed by atoms with Crippen LogP contribution in [0.3, 0.4) is 0 Å². The fraction of sp³-hybridized carbons (Fsp3) is 0.600. The average molecular weight is 235 g/mol. The topological polar surface area (TPSA) is 35.2 Å². The molecule has 2 nitrogen and oxygen atoms in total. The molecule has 0 fully saturated rings. The van der Waals surface area contributed by atoms with E-state index in [-0.39, 0.29) is 0 Å². The zero-order valence-electron chi connectivity index (χ0n) is 11.5. The van der Waals surface area contributed by atoms with Gasteiger partial charge >= 0.3 is 0 Å². The summed E-state index contributed by atoms with van der Waals surface area (Å²) in [6, 6.07) is 6.77. The van der Waals surface area contributed by atoms with E-state index in [0.29, 0.717) is 12.0 Å². The molecule has 1 aromatic rings. The fourth-order valence-corrected chi connectivity index (χ4v) is 1.90. The molecule has 0 amide bonds. The minimum absolute atomic E-state index is 0.294. The quantitative estimate of drug-likeness (QED) is 0.819. The van der Waals surface area contributed by atoms with Crippen LogP contribution in [0.15, 0.2) is 18.2 Å². The average Bonchev–Trinajstić information content (AvgIpc) is 2.35. The molecule has 0 saturated heterocycles. The molecule has 0 aliphatic heterocycles. The van der Waals surface area contributed by atoms with Crippen molar-refractivity contribution in [2.45, 2.75) is 52.0 Å². The summed E-state index contributed by atoms with van der Waals surface area (Å²) in [5.41, 5.74) is 8.62. The molecule has 1 unspecified atom stereocenters. The zero-order chi connectivity index (χ0) is 12.8. The highest BCUT2D eigenvalue weighted by molar-refractivity contribution is 5.38. The Labute approximate surface area is 105 Å². The monoisotopic (exact) mass is 235 g/mol. The first-order valence-electron chi connectivity index (χ1n) is 6.50. The van der Waals surface area contributed by atoms with E-state index in [4.69, 9.17) is 10.5 Å². The van der Waals surface area contributed by atoms with Gasteiger partial charge in [-0.2, -0.15) is 0 Å². The van der Waals surface area contributed by atoms with Gasteiger partial charge in [0.05, 0.1) is 7.11 Å². The second-order valence-corrected chi connectivity index (χ2v) is 4.93. The molecule has 0 bridgehead atoms. The number of rotatable bonds is 6. The van der Waals surface area contributed by atoms with Crippen LogP contribution in [0.4, 0.5) is 0 Å². The van der Waals surface area contributed by atoms with E-state index < -0.39 is 0 Å². The maximum atomic E-state index is 5.97. The third-order valence-corrected chi connectivity index (χ3v) is 3.28. The molecule has 0 radical (unpaired) electrons. The second kappa shape index (κ2) is 6.65. The van der Waals surface area contributed by atoms with Crippen LogP contribution in [-0.2, 0) is 6.42 Å². The van der Waals surface area contributed by atoms with E-state index >= 15 is 0 Å². The lowest BCUT2D eigenvalue weighted by Crippen LogP contribution is -2.19. The number of methoxy groups -OCH3 is 1. The van der Waals surface area contributed by atoms with Crippen molar-refractivity contribution in [3.63, 3.8) is 0 Å². The van der Waals surface area contributed by atoms with Crippen molar-refractivity contribution in [1.82, 2.24) is 0 Å². The predicted octanol–water partition coefficient (Wildman–Crippen LogP) is 3.49. The summed E-state index contributed by atoms with van der Waals surface area (Å²) >= 11 is 0. The molecular formula is C15H25NO. The molecule has 0 spiro atoms. The number of hydrogen-bond donors (Lipinski definition) is 1. The van der Waals surface area contributed by atoms with Crippen LogP contribution < -0.4 is 10.5 Å². The normalized spacial score (nSPS) is 12.8. The molecule has 96 valence electrons. The van der Waals surface area contributed by atoms with Crippen LogP contribution in [0.2, 0.25) is 0 Å². The Morgan fingerprint density at radius 3 is 2.53 bits per heavy atom. The zero-order valence-corrected chi connectivity index (χ0v) is 11.5. The highest BCUT2D eigenvalue weighted by Crippen LogP contribution is 2.25. The number of nitrogens with two attached hydrogens (primary N) is 1. The van der Waals surface area contributed by atoms with Crippen LogP contribution >= 0.6 is 0 Å². The molecular weight excluding hydrogens is 210 g/mol. The maximum Gasteiger partial charge on any atom is 0.122 e. The van der Waals surface area contributed by atoms with Gasteiger partial charge in [-0.3, -0.25) is 0 Å². The van der Waals surface area contributed by atoms with Gasteiger partial charge in [-0.25, -0.2) is 0 Å². The highest BCUT2D eigenvalue weighted by Gasteiger charge is 2.08. The largest absolute Gasteiger partial charge is 0.496 e. The van der Waals surface area contributed by atoms with Gasteiger partial charge in [-0.1, -0.05) is 32.9 Å². The Morgan fingerprint density at radius 1 is 1.29 bits per heavy atom. The summed E-state index contributed by atoms with van der Waals surface area (Å²) in [6.07, 6.45) is 3.05. The molecule has 0 aliphatic rings. The Bertz CT molecular complexity index is 347. The molecule has 1 atom stereocenters. The molecule has 1 aromatic carbocycles. The van der Waals surface area contributed by atoms with E-state index in [2.05, 4.69) is 39.0 Å². The summed E-state index contributed by atoms with van der Waals surface area (Å²) in [6.45, 7) is 6.55. The van der Waals surface area contributed by atoms with Crippen LogP contribution in [-0.4, -0.2) is 13.2 Å². The summed E-state index contributed by atoms with van der Waals surface area (Å²) in [7, 11) is 1.73. The molecule has 0 aliphatic carbocycles. The van der Waals surface area contributed by atoms with E-state index in [1.165, 1.54) is 11.1 Å². The van der Waals surface area contributed by atoms with Crippen LogP contribution in [0.5, 0.6) is 5.75 Å². The SMILES string of the molecule is CCC(N)CCc1cc(C(C)C)ccc1OC. The number of ether oxygens (including phenoxy) is 1. The summed E-state index contributed by atoms with van der Waals surface area (Å²) in [4.78, 5) is 0. The van der Waals surface area contributed by atoms with Gasteiger partial charge in [0.1, 0.15) is 5.75 Å². The van der Waals surface area contributed by atoms with Gasteiger partial charge in [0.25, 0.3) is 0 Å². The number of benzene rings is 1. The molecule has 0 heterocycles. The van der Waals surface area contributed by atoms with Crippen molar-refractivity contribution in [3.05, 3.63) is 29.3 Å². The van der Waals surface area contributed by atoms with Crippen molar-refractivity contribution in [1.29, 1.82) is 0 Å². The first-order valence-corrected chi connectivity index (χ1v) is 6.50. The van der Waals surface area contributed by atoms with Gasteiger partial charge in [-0.05, 0) is 42.4 Å². The lowest BCUT2D eigenvalue weighted by Gasteiger charge is -2.14. The van der Waals surface area contributed by atoms with Crippen LogP contribution in [0, 0.1) is 0 Å². The standard InChI is InChI=1S/C15H25NO/c1-5-14(16)8-6-13-10-12(11(2)3)7-9-15(13)17-4/h7,9-11,14H,5-6,8,16H2,1-4H3. The van der Waals surface area contributed by atoms with E-state index in [9.17, 15) is 0 Å². The Hall–Kier alpha value is -1.02. The van der Waals surface area contributed by atoms with Crippen LogP contribution in [0.25, 0.3) is 0 Å². The fourth-order valence-electron chi connectivity index (χ4n) is 1.90. The third-order valence-electron chi connectivity index (χ3n) is 3.28. The van der Waals surface area contributed by atoms with Gasteiger partial charge in [0.15, 0.2) is 0 Å². The Balaban J connectivity index is 2.82. The Kier molecular flexibility index (Phi) is 5.49. The molecule has 2 N–H and O–H groups in total. The third kappa shape index (κ3) is 4.04. The summed E-state index contributed by atoms with van der Waals surface area (Å²) in [5.74, 6) is 1.54. The van der Waals surface area contributed by atoms with E-state index in [0.717, 1.165) is 25.0 Å². The van der Waals surface area contributed by atoms with E-state index in [1.54, 1.807) is 7.11 Å². The minimum atomic E-state index is 0.294. The Morgan fingerprint density at radius 2 is 2.00 bits per heavy atom. The summed E-state index contributed by atoms with van der Waals surface area (Å²) in [5, 5.41) is 0. The molecule has 0 saturated carbocycles. The molecule has 17 heavy (non-hydrogen) atoms.